The van der Waals surface area contributed by atoms with Gasteiger partial charge in [-0.15, -0.1) is 0 Å². The molecular weight excluding hydrogens is 248 g/mol. The summed E-state index contributed by atoms with van der Waals surface area (Å²) in [6.45, 7) is 3.33. The summed E-state index contributed by atoms with van der Waals surface area (Å²) in [6.07, 6.45) is 0. The molecule has 2 rings (SSSR count). The lowest BCUT2D eigenvalue weighted by molar-refractivity contribution is 0.0786. The van der Waals surface area contributed by atoms with Gasteiger partial charge in [0, 0.05) is 5.56 Å². The van der Waals surface area contributed by atoms with Crippen LogP contribution in [0.2, 0.25) is 0 Å². The van der Waals surface area contributed by atoms with Crippen LogP contribution >= 0.6 is 0 Å². The fraction of sp³-hybridized carbons (Fsp3) is 0.200. The lowest BCUT2D eigenvalue weighted by atomic mass is 9.95. The zero-order valence-electron chi connectivity index (χ0n) is 10.7. The van der Waals surface area contributed by atoms with Crippen molar-refractivity contribution in [3.8, 4) is 11.1 Å². The van der Waals surface area contributed by atoms with Crippen molar-refractivity contribution < 1.29 is 13.9 Å². The van der Waals surface area contributed by atoms with E-state index in [4.69, 9.17) is 5.73 Å². The maximum absolute atomic E-state index is 13.9. The van der Waals surface area contributed by atoms with Crippen LogP contribution in [-0.2, 0) is 5.60 Å². The van der Waals surface area contributed by atoms with Gasteiger partial charge in [-0.1, -0.05) is 24.3 Å². The molecule has 0 unspecified atom stereocenters. The number of nitrogens with two attached hydrogens (primary N) is 1. The lowest BCUT2D eigenvalue weighted by Gasteiger charge is -2.18. The Morgan fingerprint density at radius 1 is 1.00 bits per heavy atom. The molecule has 0 heterocycles. The number of rotatable bonds is 2. The van der Waals surface area contributed by atoms with E-state index in [1.165, 1.54) is 6.07 Å². The van der Waals surface area contributed by atoms with Crippen LogP contribution in [0.15, 0.2) is 36.4 Å². The van der Waals surface area contributed by atoms with Crippen LogP contribution in [0.5, 0.6) is 0 Å². The predicted octanol–water partition coefficient (Wildman–Crippen LogP) is 3.44. The van der Waals surface area contributed by atoms with Gasteiger partial charge < -0.3 is 10.8 Å². The van der Waals surface area contributed by atoms with Crippen LogP contribution in [0.3, 0.4) is 0 Å². The number of aliphatic hydroxyl groups is 1. The van der Waals surface area contributed by atoms with Crippen LogP contribution in [-0.4, -0.2) is 5.11 Å². The highest BCUT2D eigenvalue weighted by Gasteiger charge is 2.17. The Bertz CT molecular complexity index is 601. The van der Waals surface area contributed by atoms with Gasteiger partial charge in [0.1, 0.15) is 11.5 Å². The minimum Gasteiger partial charge on any atom is -0.394 e. The summed E-state index contributed by atoms with van der Waals surface area (Å²) < 4.78 is 27.0. The molecule has 0 radical (unpaired) electrons. The van der Waals surface area contributed by atoms with E-state index in [2.05, 4.69) is 0 Å². The van der Waals surface area contributed by atoms with Gasteiger partial charge in [0.2, 0.25) is 0 Å². The monoisotopic (exact) mass is 263 g/mol. The first-order chi connectivity index (χ1) is 8.80. The third-order valence-corrected chi connectivity index (χ3v) is 3.03. The molecular formula is C15H15F2NO. The average Bonchev–Trinajstić information content (AvgIpc) is 2.35. The minimum atomic E-state index is -0.959. The molecule has 2 nitrogen and oxygen atoms in total. The van der Waals surface area contributed by atoms with E-state index in [0.717, 1.165) is 6.07 Å². The number of anilines is 1. The van der Waals surface area contributed by atoms with Crippen molar-refractivity contribution in [1.82, 2.24) is 0 Å². The zero-order chi connectivity index (χ0) is 14.2. The van der Waals surface area contributed by atoms with Crippen molar-refractivity contribution in [3.05, 3.63) is 53.6 Å². The summed E-state index contributed by atoms with van der Waals surface area (Å²) in [5.41, 5.74) is 5.42. The molecule has 0 spiro atoms. The fourth-order valence-electron chi connectivity index (χ4n) is 1.85. The molecule has 0 aliphatic rings. The third kappa shape index (κ3) is 2.58. The molecule has 0 aliphatic carbocycles. The van der Waals surface area contributed by atoms with E-state index in [-0.39, 0.29) is 5.56 Å². The van der Waals surface area contributed by atoms with Gasteiger partial charge >= 0.3 is 0 Å². The molecule has 2 aromatic carbocycles. The first-order valence-corrected chi connectivity index (χ1v) is 5.87. The smallest absolute Gasteiger partial charge is 0.156 e. The normalized spacial score (nSPS) is 11.6. The minimum absolute atomic E-state index is 0.237. The topological polar surface area (TPSA) is 46.2 Å². The number of hydrogen-bond acceptors (Lipinski definition) is 2. The lowest BCUT2D eigenvalue weighted by Crippen LogP contribution is -2.14. The van der Waals surface area contributed by atoms with Crippen LogP contribution in [0.1, 0.15) is 19.4 Å². The molecule has 0 amide bonds. The van der Waals surface area contributed by atoms with Crippen molar-refractivity contribution in [2.24, 2.45) is 0 Å². The Hall–Kier alpha value is -1.94. The number of halogens is 2. The molecule has 4 heteroatoms. The molecule has 0 fully saturated rings. The summed E-state index contributed by atoms with van der Waals surface area (Å²) >= 11 is 0. The second-order valence-corrected chi connectivity index (χ2v) is 4.96. The Morgan fingerprint density at radius 3 is 2.11 bits per heavy atom. The fourth-order valence-corrected chi connectivity index (χ4v) is 1.85. The molecule has 0 bridgehead atoms. The molecule has 0 aromatic heterocycles. The van der Waals surface area contributed by atoms with Gasteiger partial charge in [0.15, 0.2) is 5.82 Å². The molecule has 0 aliphatic heterocycles. The van der Waals surface area contributed by atoms with Crippen molar-refractivity contribution in [2.75, 3.05) is 5.73 Å². The molecule has 0 saturated heterocycles. The second kappa shape index (κ2) is 4.63. The van der Waals surface area contributed by atoms with E-state index in [0.29, 0.717) is 11.1 Å². The van der Waals surface area contributed by atoms with Gasteiger partial charge in [-0.05, 0) is 37.1 Å². The molecule has 3 N–H and O–H groups in total. The van der Waals surface area contributed by atoms with Crippen LogP contribution in [0.25, 0.3) is 11.1 Å². The van der Waals surface area contributed by atoms with E-state index < -0.39 is 22.9 Å². The molecule has 0 atom stereocenters. The highest BCUT2D eigenvalue weighted by Crippen LogP contribution is 2.29. The predicted molar refractivity (Wildman–Crippen MR) is 71.5 cm³/mol. The van der Waals surface area contributed by atoms with E-state index in [9.17, 15) is 13.9 Å². The Balaban J connectivity index is 2.46. The van der Waals surface area contributed by atoms with Crippen molar-refractivity contribution in [2.45, 2.75) is 19.4 Å². The number of benzene rings is 2. The third-order valence-electron chi connectivity index (χ3n) is 3.03. The van der Waals surface area contributed by atoms with Gasteiger partial charge in [-0.3, -0.25) is 0 Å². The van der Waals surface area contributed by atoms with Crippen LogP contribution < -0.4 is 5.73 Å². The van der Waals surface area contributed by atoms with E-state index in [1.54, 1.807) is 38.1 Å². The maximum Gasteiger partial charge on any atom is 0.156 e. The van der Waals surface area contributed by atoms with Crippen molar-refractivity contribution >= 4 is 5.69 Å². The Labute approximate surface area is 110 Å². The van der Waals surface area contributed by atoms with E-state index >= 15 is 0 Å². The second-order valence-electron chi connectivity index (χ2n) is 4.96. The van der Waals surface area contributed by atoms with Crippen molar-refractivity contribution in [3.63, 3.8) is 0 Å². The Morgan fingerprint density at radius 2 is 1.58 bits per heavy atom. The summed E-state index contributed by atoms with van der Waals surface area (Å²) in [6, 6.07) is 9.23. The summed E-state index contributed by atoms with van der Waals surface area (Å²) in [5.74, 6) is -1.54. The quantitative estimate of drug-likeness (QED) is 0.815. The summed E-state index contributed by atoms with van der Waals surface area (Å²) in [5, 5.41) is 9.84. The number of nitrogen functional groups attached to an aromatic ring is 1. The van der Waals surface area contributed by atoms with E-state index in [1.807, 2.05) is 0 Å². The first kappa shape index (κ1) is 13.5. The van der Waals surface area contributed by atoms with Crippen LogP contribution in [0.4, 0.5) is 14.5 Å². The number of hydrogen-bond donors (Lipinski definition) is 2. The highest BCUT2D eigenvalue weighted by atomic mass is 19.1. The largest absolute Gasteiger partial charge is 0.394 e. The highest BCUT2D eigenvalue weighted by molar-refractivity contribution is 5.69. The summed E-state index contributed by atoms with van der Waals surface area (Å²) in [4.78, 5) is 0. The molecule has 19 heavy (non-hydrogen) atoms. The Kier molecular flexibility index (Phi) is 3.28. The van der Waals surface area contributed by atoms with Gasteiger partial charge in [-0.25, -0.2) is 8.78 Å². The first-order valence-electron chi connectivity index (χ1n) is 5.87. The molecule has 100 valence electrons. The summed E-state index contributed by atoms with van der Waals surface area (Å²) in [7, 11) is 0. The van der Waals surface area contributed by atoms with Crippen LogP contribution in [0, 0.1) is 11.6 Å². The van der Waals surface area contributed by atoms with Gasteiger partial charge in [0.25, 0.3) is 0 Å². The van der Waals surface area contributed by atoms with Gasteiger partial charge in [0.05, 0.1) is 5.60 Å². The molecule has 2 aromatic rings. The SMILES string of the molecule is CC(C)(O)c1ccc(-c2ccc(F)c(N)c2F)cc1. The molecule has 0 saturated carbocycles. The zero-order valence-corrected chi connectivity index (χ0v) is 10.7. The van der Waals surface area contributed by atoms with Crippen molar-refractivity contribution in [1.29, 1.82) is 0 Å². The standard InChI is InChI=1S/C15H15F2NO/c1-15(2,19)10-5-3-9(4-6-10)11-7-8-12(16)14(18)13(11)17/h3-8,19H,18H2,1-2H3. The van der Waals surface area contributed by atoms with Gasteiger partial charge in [-0.2, -0.15) is 0 Å². The maximum atomic E-state index is 13.9. The average molecular weight is 263 g/mol.